The van der Waals surface area contributed by atoms with E-state index < -0.39 is 5.91 Å². The topological polar surface area (TPSA) is 89.8 Å². The largest absolute Gasteiger partial charge is 0.295 e. The summed E-state index contributed by atoms with van der Waals surface area (Å²) in [5, 5.41) is 17.0. The molecule has 0 radical (unpaired) electrons. The predicted molar refractivity (Wildman–Crippen MR) is 93.5 cm³/mol. The van der Waals surface area contributed by atoms with Gasteiger partial charge in [0.25, 0.3) is 11.5 Å². The van der Waals surface area contributed by atoms with Gasteiger partial charge in [0, 0.05) is 11.9 Å². The summed E-state index contributed by atoms with van der Waals surface area (Å²) < 4.78 is 1.37. The van der Waals surface area contributed by atoms with Crippen molar-refractivity contribution in [3.05, 3.63) is 45.3 Å². The van der Waals surface area contributed by atoms with Crippen LogP contribution in [-0.2, 0) is 6.54 Å². The molecule has 3 aromatic rings. The van der Waals surface area contributed by atoms with Crippen molar-refractivity contribution in [2.45, 2.75) is 33.2 Å². The van der Waals surface area contributed by atoms with Crippen LogP contribution >= 0.6 is 11.3 Å². The van der Waals surface area contributed by atoms with Crippen LogP contribution in [-0.4, -0.2) is 25.9 Å². The third-order valence-corrected chi connectivity index (χ3v) is 4.31. The summed E-state index contributed by atoms with van der Waals surface area (Å²) in [5.41, 5.74) is 0.0384. The van der Waals surface area contributed by atoms with E-state index in [0.717, 1.165) is 17.8 Å². The third-order valence-electron chi connectivity index (χ3n) is 3.55. The van der Waals surface area contributed by atoms with Crippen LogP contribution in [0.25, 0.3) is 10.8 Å². The summed E-state index contributed by atoms with van der Waals surface area (Å²) in [6.07, 6.45) is 1.76. The van der Waals surface area contributed by atoms with Crippen LogP contribution in [0.15, 0.2) is 29.1 Å². The van der Waals surface area contributed by atoms with E-state index in [9.17, 15) is 9.59 Å². The Labute approximate surface area is 142 Å². The first kappa shape index (κ1) is 16.3. The summed E-state index contributed by atoms with van der Waals surface area (Å²) in [4.78, 5) is 25.1. The van der Waals surface area contributed by atoms with Gasteiger partial charge in [-0.2, -0.15) is 5.10 Å². The molecule has 8 heteroatoms. The standard InChI is InChI=1S/C16H17N5O2S/c1-3-4-9-21-15(23)12-8-6-5-7-11(12)13(20-21)14(22)17-16-19-18-10(2)24-16/h5-8H,3-4,9H2,1-2H3,(H,17,19,22). The molecule has 0 spiro atoms. The number of hydrogen-bond donors (Lipinski definition) is 1. The quantitative estimate of drug-likeness (QED) is 0.769. The number of amides is 1. The number of carbonyl (C=O) groups excluding carboxylic acids is 1. The van der Waals surface area contributed by atoms with Crippen molar-refractivity contribution in [2.24, 2.45) is 0 Å². The monoisotopic (exact) mass is 343 g/mol. The lowest BCUT2D eigenvalue weighted by atomic mass is 10.1. The van der Waals surface area contributed by atoms with Gasteiger partial charge in [-0.1, -0.05) is 42.9 Å². The Bertz CT molecular complexity index is 947. The molecule has 2 aromatic heterocycles. The molecule has 3 rings (SSSR count). The second kappa shape index (κ2) is 6.88. The minimum Gasteiger partial charge on any atom is -0.295 e. The lowest BCUT2D eigenvalue weighted by molar-refractivity contribution is 0.102. The third kappa shape index (κ3) is 3.18. The maximum atomic E-state index is 12.6. The zero-order valence-electron chi connectivity index (χ0n) is 13.4. The average Bonchev–Trinajstić information content (AvgIpc) is 2.99. The van der Waals surface area contributed by atoms with Gasteiger partial charge in [0.05, 0.1) is 5.39 Å². The Hall–Kier alpha value is -2.61. The Kier molecular flexibility index (Phi) is 4.66. The Morgan fingerprint density at radius 2 is 2.00 bits per heavy atom. The highest BCUT2D eigenvalue weighted by Crippen LogP contribution is 2.18. The van der Waals surface area contributed by atoms with E-state index in [4.69, 9.17) is 0 Å². The highest BCUT2D eigenvalue weighted by Gasteiger charge is 2.17. The van der Waals surface area contributed by atoms with E-state index in [0.29, 0.717) is 22.4 Å². The van der Waals surface area contributed by atoms with Crippen LogP contribution in [0.2, 0.25) is 0 Å². The lowest BCUT2D eigenvalue weighted by Crippen LogP contribution is -2.27. The van der Waals surface area contributed by atoms with E-state index >= 15 is 0 Å². The van der Waals surface area contributed by atoms with E-state index in [-0.39, 0.29) is 11.3 Å². The number of rotatable bonds is 5. The zero-order chi connectivity index (χ0) is 17.1. The fourth-order valence-corrected chi connectivity index (χ4v) is 2.95. The number of hydrogen-bond acceptors (Lipinski definition) is 6. The fourth-order valence-electron chi connectivity index (χ4n) is 2.37. The molecule has 0 aliphatic heterocycles. The maximum Gasteiger partial charge on any atom is 0.278 e. The van der Waals surface area contributed by atoms with Gasteiger partial charge in [0.1, 0.15) is 5.01 Å². The number of nitrogens with zero attached hydrogens (tertiary/aromatic N) is 4. The second-order valence-corrected chi connectivity index (χ2v) is 6.54. The number of aromatic nitrogens is 4. The average molecular weight is 343 g/mol. The molecular weight excluding hydrogens is 326 g/mol. The van der Waals surface area contributed by atoms with Crippen LogP contribution < -0.4 is 10.9 Å². The van der Waals surface area contributed by atoms with Crippen LogP contribution in [0, 0.1) is 6.92 Å². The van der Waals surface area contributed by atoms with Gasteiger partial charge in [-0.05, 0) is 19.4 Å². The van der Waals surface area contributed by atoms with Crippen molar-refractivity contribution in [2.75, 3.05) is 5.32 Å². The molecule has 24 heavy (non-hydrogen) atoms. The maximum absolute atomic E-state index is 12.6. The van der Waals surface area contributed by atoms with Gasteiger partial charge < -0.3 is 0 Å². The van der Waals surface area contributed by atoms with Crippen molar-refractivity contribution in [1.29, 1.82) is 0 Å². The van der Waals surface area contributed by atoms with Gasteiger partial charge in [-0.15, -0.1) is 10.2 Å². The molecule has 0 saturated heterocycles. The van der Waals surface area contributed by atoms with Crippen LogP contribution in [0.5, 0.6) is 0 Å². The molecular formula is C16H17N5O2S. The first-order valence-corrected chi connectivity index (χ1v) is 8.53. The number of aryl methyl sites for hydroxylation is 2. The summed E-state index contributed by atoms with van der Waals surface area (Å²) in [6, 6.07) is 7.01. The van der Waals surface area contributed by atoms with Gasteiger partial charge >= 0.3 is 0 Å². The Balaban J connectivity index is 2.06. The molecule has 124 valence electrons. The number of nitrogens with one attached hydrogen (secondary N) is 1. The van der Waals surface area contributed by atoms with Gasteiger partial charge in [-0.25, -0.2) is 4.68 Å². The lowest BCUT2D eigenvalue weighted by Gasteiger charge is -2.10. The van der Waals surface area contributed by atoms with Crippen molar-refractivity contribution in [3.63, 3.8) is 0 Å². The molecule has 0 unspecified atom stereocenters. The van der Waals surface area contributed by atoms with Crippen molar-refractivity contribution >= 4 is 33.1 Å². The van der Waals surface area contributed by atoms with Gasteiger partial charge in [0.2, 0.25) is 5.13 Å². The van der Waals surface area contributed by atoms with E-state index in [2.05, 4.69) is 20.6 Å². The molecule has 0 aliphatic carbocycles. The fraction of sp³-hybridized carbons (Fsp3) is 0.312. The Morgan fingerprint density at radius 3 is 2.67 bits per heavy atom. The number of benzene rings is 1. The molecule has 0 fully saturated rings. The van der Waals surface area contributed by atoms with E-state index in [1.807, 2.05) is 13.8 Å². The summed E-state index contributed by atoms with van der Waals surface area (Å²) in [6.45, 7) is 4.34. The van der Waals surface area contributed by atoms with Crippen LogP contribution in [0.1, 0.15) is 35.3 Å². The highest BCUT2D eigenvalue weighted by molar-refractivity contribution is 7.15. The van der Waals surface area contributed by atoms with Crippen LogP contribution in [0.4, 0.5) is 5.13 Å². The second-order valence-electron chi connectivity index (χ2n) is 5.36. The molecule has 2 heterocycles. The molecule has 1 amide bonds. The summed E-state index contributed by atoms with van der Waals surface area (Å²) >= 11 is 1.29. The number of fused-ring (bicyclic) bond motifs is 1. The zero-order valence-corrected chi connectivity index (χ0v) is 14.3. The number of anilines is 1. The Morgan fingerprint density at radius 1 is 1.25 bits per heavy atom. The van der Waals surface area contributed by atoms with Gasteiger partial charge in [0.15, 0.2) is 5.69 Å². The first-order chi connectivity index (χ1) is 11.6. The van der Waals surface area contributed by atoms with E-state index in [1.165, 1.54) is 16.0 Å². The van der Waals surface area contributed by atoms with Crippen molar-refractivity contribution in [1.82, 2.24) is 20.0 Å². The molecule has 0 aliphatic rings. The summed E-state index contributed by atoms with van der Waals surface area (Å²) in [5.74, 6) is -0.396. The molecule has 1 N–H and O–H groups in total. The normalized spacial score (nSPS) is 10.9. The summed E-state index contributed by atoms with van der Waals surface area (Å²) in [7, 11) is 0. The molecule has 0 bridgehead atoms. The van der Waals surface area contributed by atoms with E-state index in [1.54, 1.807) is 24.3 Å². The van der Waals surface area contributed by atoms with Crippen LogP contribution in [0.3, 0.4) is 0 Å². The van der Waals surface area contributed by atoms with Gasteiger partial charge in [-0.3, -0.25) is 14.9 Å². The number of carbonyl (C=O) groups is 1. The minimum absolute atomic E-state index is 0.178. The smallest absolute Gasteiger partial charge is 0.278 e. The molecule has 0 saturated carbocycles. The SMILES string of the molecule is CCCCn1nc(C(=O)Nc2nnc(C)s2)c2ccccc2c1=O. The van der Waals surface area contributed by atoms with Crippen molar-refractivity contribution < 1.29 is 4.79 Å². The molecule has 1 aromatic carbocycles. The highest BCUT2D eigenvalue weighted by atomic mass is 32.1. The molecule has 7 nitrogen and oxygen atoms in total. The van der Waals surface area contributed by atoms with Crippen molar-refractivity contribution in [3.8, 4) is 0 Å². The number of unbranched alkanes of at least 4 members (excludes halogenated alkanes) is 1. The first-order valence-electron chi connectivity index (χ1n) is 7.71. The minimum atomic E-state index is -0.396. The molecule has 0 atom stereocenters. The predicted octanol–water partition coefficient (Wildman–Crippen LogP) is 2.61.